The van der Waals surface area contributed by atoms with Crippen molar-refractivity contribution in [3.8, 4) is 5.75 Å². The lowest BCUT2D eigenvalue weighted by Gasteiger charge is -2.30. The van der Waals surface area contributed by atoms with E-state index >= 15 is 0 Å². The molecular weight excluding hydrogens is 364 g/mol. The molecule has 0 fully saturated rings. The maximum Gasteiger partial charge on any atom is 0.175 e. The second-order valence-electron chi connectivity index (χ2n) is 6.11. The zero-order chi connectivity index (χ0) is 19.0. The van der Waals surface area contributed by atoms with Crippen LogP contribution in [0.2, 0.25) is 0 Å². The highest BCUT2D eigenvalue weighted by Gasteiger charge is 2.25. The fourth-order valence-corrected chi connectivity index (χ4v) is 3.48. The first-order valence-corrected chi connectivity index (χ1v) is 10.1. The second-order valence-corrected chi connectivity index (χ2v) is 8.12. The van der Waals surface area contributed by atoms with E-state index in [9.17, 15) is 8.42 Å². The molecule has 1 N–H and O–H groups in total. The van der Waals surface area contributed by atoms with Crippen LogP contribution in [0.25, 0.3) is 0 Å². The first-order chi connectivity index (χ1) is 13.0. The van der Waals surface area contributed by atoms with E-state index < -0.39 is 9.84 Å². The Balaban J connectivity index is 1.76. The average Bonchev–Trinajstić information content (AvgIpc) is 3.14. The molecule has 4 rings (SSSR count). The topological polar surface area (TPSA) is 74.2 Å². The third kappa shape index (κ3) is 3.26. The maximum absolute atomic E-state index is 11.7. The summed E-state index contributed by atoms with van der Waals surface area (Å²) in [5.41, 5.74) is 1.71. The molecule has 0 aliphatic carbocycles. The minimum Gasteiger partial charge on any atom is -0.497 e. The van der Waals surface area contributed by atoms with Crippen molar-refractivity contribution < 1.29 is 13.2 Å². The number of ether oxygens (including phenoxy) is 1. The Morgan fingerprint density at radius 1 is 1.04 bits per heavy atom. The van der Waals surface area contributed by atoms with Gasteiger partial charge in [-0.25, -0.2) is 13.4 Å². The van der Waals surface area contributed by atoms with Crippen LogP contribution in [0.3, 0.4) is 0 Å². The highest BCUT2D eigenvalue weighted by atomic mass is 32.2. The molecule has 2 aromatic carbocycles. The van der Waals surface area contributed by atoms with Gasteiger partial charge in [-0.2, -0.15) is 0 Å². The lowest BCUT2D eigenvalue weighted by molar-refractivity contribution is 0.415. The van der Waals surface area contributed by atoms with Crippen molar-refractivity contribution in [2.75, 3.05) is 18.3 Å². The van der Waals surface area contributed by atoms with E-state index in [1.165, 1.54) is 6.26 Å². The highest BCUT2D eigenvalue weighted by molar-refractivity contribution is 7.90. The van der Waals surface area contributed by atoms with Gasteiger partial charge in [-0.3, -0.25) is 4.90 Å². The van der Waals surface area contributed by atoms with E-state index in [1.807, 2.05) is 41.6 Å². The molecule has 0 saturated carbocycles. The zero-order valence-electron chi connectivity index (χ0n) is 14.8. The van der Waals surface area contributed by atoms with Gasteiger partial charge in [-0.15, -0.1) is 5.10 Å². The number of rotatable bonds is 4. The summed E-state index contributed by atoms with van der Waals surface area (Å²) in [4.78, 5) is 2.20. The summed E-state index contributed by atoms with van der Waals surface area (Å²) in [6, 6.07) is 14.3. The molecule has 0 unspecified atom stereocenters. The minimum atomic E-state index is -3.25. The van der Waals surface area contributed by atoms with Crippen LogP contribution >= 0.6 is 0 Å². The van der Waals surface area contributed by atoms with Crippen LogP contribution in [0, 0.1) is 0 Å². The molecule has 0 amide bonds. The third-order valence-corrected chi connectivity index (χ3v) is 5.40. The number of hydrogen-bond donors (Lipinski definition) is 1. The number of fused-ring (bicyclic) bond motifs is 1. The standard InChI is InChI=1S/C19H18N4O3S/c1-26-16-7-3-14(4-8-16)19-21-23-12-11-20-18(23)13-22(19)15-5-9-17(10-6-15)27(2,24)25/h3-13,20H,1-2H3. The third-order valence-electron chi connectivity index (χ3n) is 4.27. The molecular formula is C19H18N4O3S. The van der Waals surface area contributed by atoms with Gasteiger partial charge in [0.15, 0.2) is 15.7 Å². The zero-order valence-corrected chi connectivity index (χ0v) is 15.6. The van der Waals surface area contributed by atoms with Crippen LogP contribution < -0.4 is 15.0 Å². The predicted octanol–water partition coefficient (Wildman–Crippen LogP) is 2.46. The molecule has 8 heteroatoms. The molecule has 27 heavy (non-hydrogen) atoms. The van der Waals surface area contributed by atoms with Crippen LogP contribution in [0.5, 0.6) is 5.75 Å². The normalized spacial score (nSPS) is 15.8. The summed E-state index contributed by atoms with van der Waals surface area (Å²) in [7, 11) is -1.62. The van der Waals surface area contributed by atoms with Gasteiger partial charge in [-0.05, 0) is 48.5 Å². The fraction of sp³-hybridized carbons (Fsp3) is 0.105. The Labute approximate surface area is 157 Å². The number of methoxy groups -OCH3 is 1. The molecule has 2 heterocycles. The number of nitrogens with one attached hydrogen (secondary N) is 1. The second kappa shape index (κ2) is 6.48. The molecule has 0 saturated heterocycles. The van der Waals surface area contributed by atoms with Gasteiger partial charge in [-0.1, -0.05) is 0 Å². The van der Waals surface area contributed by atoms with Gasteiger partial charge >= 0.3 is 0 Å². The fourth-order valence-electron chi connectivity index (χ4n) is 2.84. The quantitative estimate of drug-likeness (QED) is 0.876. The summed E-state index contributed by atoms with van der Waals surface area (Å²) in [5, 5.41) is 9.57. The minimum absolute atomic E-state index is 0.279. The Bertz CT molecular complexity index is 1060. The molecule has 7 nitrogen and oxygen atoms in total. The monoisotopic (exact) mass is 382 g/mol. The Hall–Kier alpha value is -3.26. The number of amidine groups is 1. The van der Waals surface area contributed by atoms with Crippen LogP contribution in [-0.2, 0) is 9.84 Å². The van der Waals surface area contributed by atoms with Gasteiger partial charge in [0, 0.05) is 29.9 Å². The van der Waals surface area contributed by atoms with E-state index in [4.69, 9.17) is 9.84 Å². The van der Waals surface area contributed by atoms with Crippen molar-refractivity contribution in [3.63, 3.8) is 0 Å². The first-order valence-electron chi connectivity index (χ1n) is 8.22. The number of nitrogens with zero attached hydrogens (tertiary/aromatic N) is 3. The van der Waals surface area contributed by atoms with Crippen molar-refractivity contribution in [1.29, 1.82) is 0 Å². The maximum atomic E-state index is 11.7. The van der Waals surface area contributed by atoms with Crippen molar-refractivity contribution >= 4 is 21.4 Å². The number of anilines is 1. The van der Waals surface area contributed by atoms with E-state index in [0.29, 0.717) is 5.84 Å². The smallest absolute Gasteiger partial charge is 0.175 e. The van der Waals surface area contributed by atoms with E-state index in [0.717, 1.165) is 22.8 Å². The Morgan fingerprint density at radius 3 is 2.37 bits per heavy atom. The number of hydrogen-bond acceptors (Lipinski definition) is 7. The molecule has 0 spiro atoms. The average molecular weight is 382 g/mol. The molecule has 0 bridgehead atoms. The van der Waals surface area contributed by atoms with Crippen molar-refractivity contribution in [2.24, 2.45) is 5.10 Å². The largest absolute Gasteiger partial charge is 0.497 e. The summed E-state index contributed by atoms with van der Waals surface area (Å²) >= 11 is 0. The Morgan fingerprint density at radius 2 is 1.74 bits per heavy atom. The van der Waals surface area contributed by atoms with Gasteiger partial charge < -0.3 is 10.1 Å². The summed E-state index contributed by atoms with van der Waals surface area (Å²) in [6.45, 7) is 0. The highest BCUT2D eigenvalue weighted by Crippen LogP contribution is 2.27. The summed E-state index contributed by atoms with van der Waals surface area (Å²) in [6.07, 6.45) is 6.75. The predicted molar refractivity (Wildman–Crippen MR) is 104 cm³/mol. The van der Waals surface area contributed by atoms with Crippen molar-refractivity contribution in [1.82, 2.24) is 10.3 Å². The molecule has 2 aliphatic rings. The lowest BCUT2D eigenvalue weighted by atomic mass is 10.1. The molecule has 138 valence electrons. The van der Waals surface area contributed by atoms with Crippen LogP contribution in [0.15, 0.2) is 82.9 Å². The Kier molecular flexibility index (Phi) is 4.12. The van der Waals surface area contributed by atoms with Crippen LogP contribution in [-0.4, -0.2) is 32.6 Å². The number of sulfone groups is 1. The van der Waals surface area contributed by atoms with Gasteiger partial charge in [0.2, 0.25) is 0 Å². The summed E-state index contributed by atoms with van der Waals surface area (Å²) in [5.74, 6) is 2.28. The van der Waals surface area contributed by atoms with Crippen LogP contribution in [0.4, 0.5) is 5.69 Å². The molecule has 0 aromatic heterocycles. The van der Waals surface area contributed by atoms with Crippen molar-refractivity contribution in [2.45, 2.75) is 4.90 Å². The van der Waals surface area contributed by atoms with Gasteiger partial charge in [0.05, 0.1) is 18.2 Å². The molecule has 2 aromatic rings. The van der Waals surface area contributed by atoms with Gasteiger partial charge in [0.1, 0.15) is 11.6 Å². The van der Waals surface area contributed by atoms with E-state index in [2.05, 4.69) is 5.32 Å². The van der Waals surface area contributed by atoms with E-state index in [1.54, 1.807) is 42.6 Å². The number of hydrazone groups is 1. The van der Waals surface area contributed by atoms with E-state index in [-0.39, 0.29) is 4.90 Å². The number of benzene rings is 2. The summed E-state index contributed by atoms with van der Waals surface area (Å²) < 4.78 is 28.7. The van der Waals surface area contributed by atoms with Crippen LogP contribution in [0.1, 0.15) is 5.56 Å². The molecule has 0 radical (unpaired) electrons. The molecule has 0 atom stereocenters. The van der Waals surface area contributed by atoms with Gasteiger partial charge in [0.25, 0.3) is 0 Å². The molecule has 2 aliphatic heterocycles. The SMILES string of the molecule is COc1ccc(C2=NN3C=CNC3=CN2c2ccc(S(C)(=O)=O)cc2)cc1. The lowest BCUT2D eigenvalue weighted by Crippen LogP contribution is -2.35. The van der Waals surface area contributed by atoms with Crippen molar-refractivity contribution in [3.05, 3.63) is 78.5 Å². The first kappa shape index (κ1) is 17.2.